The van der Waals surface area contributed by atoms with E-state index >= 15 is 0 Å². The zero-order valence-electron chi connectivity index (χ0n) is 32.0. The van der Waals surface area contributed by atoms with E-state index in [-0.39, 0.29) is 56.2 Å². The zero-order chi connectivity index (χ0) is 41.0. The molecule has 2 aromatic heterocycles. The summed E-state index contributed by atoms with van der Waals surface area (Å²) >= 11 is 4.90. The van der Waals surface area contributed by atoms with Crippen molar-refractivity contribution in [1.82, 2.24) is 15.0 Å². The van der Waals surface area contributed by atoms with Gasteiger partial charge in [0.1, 0.15) is 10.0 Å². The summed E-state index contributed by atoms with van der Waals surface area (Å²) < 4.78 is 24.8. The second-order valence-corrected chi connectivity index (χ2v) is 16.0. The fourth-order valence-corrected chi connectivity index (χ4v) is 8.46. The average Bonchev–Trinajstić information content (AvgIpc) is 3.65. The van der Waals surface area contributed by atoms with Crippen molar-refractivity contribution in [2.45, 2.75) is 11.8 Å². The first kappa shape index (κ1) is 40.6. The number of sulfonamides is 1. The van der Waals surface area contributed by atoms with Crippen LogP contribution in [0, 0.1) is 6.92 Å². The van der Waals surface area contributed by atoms with E-state index in [0.717, 1.165) is 5.56 Å². The Labute approximate surface area is 367 Å². The summed E-state index contributed by atoms with van der Waals surface area (Å²) in [6, 6.07) is 43.3. The van der Waals surface area contributed by atoms with Gasteiger partial charge in [-0.2, -0.15) is 0 Å². The molecule has 11 rings (SSSR count). The molecule has 13 heteroatoms. The molecular formula is C47H30ClN4NaO6S. The first-order chi connectivity index (χ1) is 28.6. The first-order valence-electron chi connectivity index (χ1n) is 18.4. The van der Waals surface area contributed by atoms with Crippen LogP contribution in [-0.4, -0.2) is 23.4 Å². The van der Waals surface area contributed by atoms with Crippen LogP contribution in [0.25, 0.3) is 91.2 Å². The molecule has 0 fully saturated rings. The second kappa shape index (κ2) is 16.1. The minimum Gasteiger partial charge on any atom is -0.458 e. The van der Waals surface area contributed by atoms with Crippen molar-refractivity contribution in [1.29, 1.82) is 0 Å². The van der Waals surface area contributed by atoms with Crippen molar-refractivity contribution >= 4 is 109 Å². The van der Waals surface area contributed by atoms with Gasteiger partial charge in [0.25, 0.3) is 0 Å². The van der Waals surface area contributed by atoms with Crippen molar-refractivity contribution in [3.8, 4) is 0 Å². The van der Waals surface area contributed by atoms with Crippen LogP contribution in [0.1, 0.15) is 5.56 Å². The number of nitrogens with one attached hydrogen (secondary N) is 3. The number of fused-ring (bicyclic) bond motifs is 11. The molecule has 288 valence electrons. The van der Waals surface area contributed by atoms with Crippen LogP contribution in [0.5, 0.6) is 0 Å². The summed E-state index contributed by atoms with van der Waals surface area (Å²) in [5.41, 5.74) is 4.60. The molecule has 2 heterocycles. The molecule has 0 radical (unpaired) electrons. The Bertz CT molecular complexity index is 3640. The Morgan fingerprint density at radius 2 is 0.783 bits per heavy atom. The predicted molar refractivity (Wildman–Crippen MR) is 240 cm³/mol. The van der Waals surface area contributed by atoms with Crippen molar-refractivity contribution < 1.29 is 38.0 Å². The van der Waals surface area contributed by atoms with E-state index < -0.39 is 10.0 Å². The third-order valence-corrected chi connectivity index (χ3v) is 12.1. The van der Waals surface area contributed by atoms with Crippen LogP contribution >= 0.6 is 11.8 Å². The van der Waals surface area contributed by atoms with E-state index in [1.807, 2.05) is 6.92 Å². The predicted octanol–water partition coefficient (Wildman–Crippen LogP) is 6.68. The summed E-state index contributed by atoms with van der Waals surface area (Å²) in [7, 11) is -3.62. The van der Waals surface area contributed by atoms with E-state index in [4.69, 9.17) is 11.8 Å². The third-order valence-electron chi connectivity index (χ3n) is 10.5. The van der Waals surface area contributed by atoms with Gasteiger partial charge in [0.2, 0.25) is 0 Å². The van der Waals surface area contributed by atoms with Crippen molar-refractivity contribution in [2.75, 3.05) is 0 Å². The maximum absolute atomic E-state index is 13.4. The SMILES string of the molecule is Cc1ccc(S(=O)(=O)[N-]Cl)cc1.O=c1c2ccccc2c(=O)c2c1ccc1[nH]c3c(ccc4c(=O)c5ccccc5c(=O)c43)[nH]c12.[Na+].c1ccc2c(c1)[nH]c1ccccc12. The topological polar surface area (TPSA) is 164 Å². The van der Waals surface area contributed by atoms with Gasteiger partial charge in [-0.25, -0.2) is 8.42 Å². The summed E-state index contributed by atoms with van der Waals surface area (Å²) in [5.74, 6) is 0. The number of halogens is 1. The fourth-order valence-electron chi connectivity index (χ4n) is 7.66. The number of hydrogen-bond acceptors (Lipinski definition) is 6. The molecule has 60 heavy (non-hydrogen) atoms. The number of aromatic amines is 3. The average molecular weight is 837 g/mol. The van der Waals surface area contributed by atoms with Gasteiger partial charge in [-0.05, 0) is 55.5 Å². The van der Waals surface area contributed by atoms with Gasteiger partial charge < -0.3 is 19.2 Å². The Balaban J connectivity index is 0.000000157. The smallest absolute Gasteiger partial charge is 0.458 e. The Hall–Kier alpha value is -6.18. The van der Waals surface area contributed by atoms with Gasteiger partial charge >= 0.3 is 29.6 Å². The van der Waals surface area contributed by atoms with Crippen molar-refractivity contribution in [3.05, 3.63) is 196 Å². The van der Waals surface area contributed by atoms with Gasteiger partial charge in [0.15, 0.2) is 21.7 Å². The minimum atomic E-state index is -3.62. The van der Waals surface area contributed by atoms with E-state index in [1.54, 1.807) is 84.9 Å². The molecule has 0 aliphatic carbocycles. The summed E-state index contributed by atoms with van der Waals surface area (Å²) in [6.07, 6.45) is 0. The maximum atomic E-state index is 13.4. The Kier molecular flexibility index (Phi) is 10.9. The standard InChI is InChI=1S/C28H14N2O4.C12H9N.C7H7ClNO2S.Na/c31-25-13-5-1-3-7-15(13)27(33)21-17(25)9-11-19-23(21)29-20-12-10-18-22(24(20)30-19)28(34)16-8-4-2-6-14(16)26(18)32;1-3-7-11-9(5-1)10-6-2-4-8-12(10)13-11;1-6-2-4-7(5-3-6)12(10,11)9-8;/h1-12,29-30H;1-8,13H;2-5H,1H3;/q;;-1;+1. The molecular weight excluding hydrogens is 807 g/mol. The zero-order valence-corrected chi connectivity index (χ0v) is 35.6. The van der Waals surface area contributed by atoms with Crippen LogP contribution in [0.4, 0.5) is 0 Å². The van der Waals surface area contributed by atoms with E-state index in [1.165, 1.54) is 33.9 Å². The number of rotatable bonds is 2. The molecule has 0 bridgehead atoms. The first-order valence-corrected chi connectivity index (χ1v) is 20.2. The maximum Gasteiger partial charge on any atom is 1.00 e. The molecule has 0 atom stereocenters. The van der Waals surface area contributed by atoms with E-state index in [9.17, 15) is 27.6 Å². The number of aryl methyl sites for hydroxylation is 1. The van der Waals surface area contributed by atoms with Crippen LogP contribution < -0.4 is 51.3 Å². The minimum absolute atomic E-state index is 0. The number of benzene rings is 9. The summed E-state index contributed by atoms with van der Waals surface area (Å²) in [6.45, 7) is 1.87. The molecule has 0 saturated heterocycles. The molecule has 10 nitrogen and oxygen atoms in total. The third kappa shape index (κ3) is 6.94. The molecule has 0 unspecified atom stereocenters. The van der Waals surface area contributed by atoms with Crippen LogP contribution in [0.2, 0.25) is 0 Å². The van der Waals surface area contributed by atoms with Crippen LogP contribution in [0.3, 0.4) is 0 Å². The molecule has 0 spiro atoms. The van der Waals surface area contributed by atoms with Crippen LogP contribution in [-0.2, 0) is 10.0 Å². The van der Waals surface area contributed by atoms with Crippen molar-refractivity contribution in [2.24, 2.45) is 0 Å². The van der Waals surface area contributed by atoms with Crippen LogP contribution in [0.15, 0.2) is 170 Å². The van der Waals surface area contributed by atoms with Crippen molar-refractivity contribution in [3.63, 3.8) is 0 Å². The quantitative estimate of drug-likeness (QED) is 0.100. The molecule has 0 aliphatic rings. The monoisotopic (exact) mass is 836 g/mol. The number of para-hydroxylation sites is 2. The largest absolute Gasteiger partial charge is 1.00 e. The van der Waals surface area contributed by atoms with Gasteiger partial charge in [-0.1, -0.05) is 103 Å². The molecule has 3 N–H and O–H groups in total. The van der Waals surface area contributed by atoms with Gasteiger partial charge in [-0.15, -0.1) is 0 Å². The second-order valence-electron chi connectivity index (χ2n) is 14.1. The fraction of sp³-hybridized carbons (Fsp3) is 0.0213. The van der Waals surface area contributed by atoms with Gasteiger partial charge in [0, 0.05) is 59.0 Å². The number of aromatic nitrogens is 3. The molecule has 0 amide bonds. The molecule has 11 aromatic rings. The number of nitrogens with zero attached hydrogens (tertiary/aromatic N) is 1. The van der Waals surface area contributed by atoms with Gasteiger partial charge in [0.05, 0.1) is 32.8 Å². The van der Waals surface area contributed by atoms with E-state index in [0.29, 0.717) is 65.2 Å². The molecule has 9 aromatic carbocycles. The number of hydrogen-bond donors (Lipinski definition) is 3. The summed E-state index contributed by atoms with van der Waals surface area (Å²) in [4.78, 5) is 63.0. The van der Waals surface area contributed by atoms with E-state index in [2.05, 4.69) is 67.7 Å². The van der Waals surface area contributed by atoms with Gasteiger partial charge in [-0.3, -0.25) is 31.0 Å². The molecule has 0 aliphatic heterocycles. The summed E-state index contributed by atoms with van der Waals surface area (Å²) in [5, 5.41) is 5.37. The Morgan fingerprint density at radius 1 is 0.417 bits per heavy atom. The number of H-pyrrole nitrogens is 3. The normalized spacial score (nSPS) is 11.5. The Morgan fingerprint density at radius 3 is 1.18 bits per heavy atom. The molecule has 0 saturated carbocycles.